The molecule has 2 aromatic carbocycles. The maximum absolute atomic E-state index is 11.9. The molecule has 20 heavy (non-hydrogen) atoms. The normalized spacial score (nSPS) is 10.1. The summed E-state index contributed by atoms with van der Waals surface area (Å²) in [6.45, 7) is 0. The van der Waals surface area contributed by atoms with Crippen molar-refractivity contribution in [3.05, 3.63) is 60.7 Å². The lowest BCUT2D eigenvalue weighted by Crippen LogP contribution is -2.34. The van der Waals surface area contributed by atoms with Gasteiger partial charge in [0, 0.05) is 11.4 Å². The second-order valence-corrected chi connectivity index (χ2v) is 4.99. The van der Waals surface area contributed by atoms with Crippen LogP contribution in [0.15, 0.2) is 60.7 Å². The van der Waals surface area contributed by atoms with Crippen LogP contribution in [0.25, 0.3) is 0 Å². The van der Waals surface area contributed by atoms with Crippen LogP contribution in [0.5, 0.6) is 0 Å². The van der Waals surface area contributed by atoms with E-state index in [1.807, 2.05) is 36.4 Å². The molecule has 0 radical (unpaired) electrons. The van der Waals surface area contributed by atoms with Crippen LogP contribution in [-0.2, 0) is 9.59 Å². The minimum Gasteiger partial charge on any atom is -0.325 e. The number of hydrogen-bond acceptors (Lipinski definition) is 2. The van der Waals surface area contributed by atoms with Crippen molar-refractivity contribution in [2.75, 3.05) is 10.6 Å². The van der Waals surface area contributed by atoms with Gasteiger partial charge < -0.3 is 10.6 Å². The van der Waals surface area contributed by atoms with Crippen LogP contribution in [0.2, 0.25) is 0 Å². The molecular weight excluding hydrogens is 320 g/mol. The fourth-order valence-corrected chi connectivity index (χ4v) is 1.80. The van der Waals surface area contributed by atoms with Gasteiger partial charge in [-0.1, -0.05) is 52.3 Å². The van der Waals surface area contributed by atoms with Gasteiger partial charge in [-0.25, -0.2) is 0 Å². The smallest absolute Gasteiger partial charge is 0.247 e. The molecule has 0 aromatic heterocycles. The van der Waals surface area contributed by atoms with E-state index < -0.39 is 16.6 Å². The first kappa shape index (κ1) is 14.3. The molecule has 0 atom stereocenters. The summed E-state index contributed by atoms with van der Waals surface area (Å²) < 4.78 is 0. The van der Waals surface area contributed by atoms with Gasteiger partial charge in [0.15, 0.2) is 4.83 Å². The highest BCUT2D eigenvalue weighted by molar-refractivity contribution is 9.10. The molecular formula is C15H13BrN2O2. The molecule has 0 heterocycles. The first-order chi connectivity index (χ1) is 9.66. The molecule has 0 spiro atoms. The van der Waals surface area contributed by atoms with E-state index in [4.69, 9.17) is 0 Å². The number of hydrogen-bond donors (Lipinski definition) is 2. The molecule has 2 amide bonds. The number of carbonyl (C=O) groups is 2. The number of rotatable bonds is 4. The van der Waals surface area contributed by atoms with Crippen LogP contribution in [0.1, 0.15) is 0 Å². The Balaban J connectivity index is 1.95. The zero-order valence-corrected chi connectivity index (χ0v) is 12.1. The number of benzene rings is 2. The summed E-state index contributed by atoms with van der Waals surface area (Å²) in [7, 11) is 0. The summed E-state index contributed by atoms with van der Waals surface area (Å²) in [5.41, 5.74) is 1.30. The number of nitrogens with one attached hydrogen (secondary N) is 2. The van der Waals surface area contributed by atoms with Gasteiger partial charge in [0.25, 0.3) is 0 Å². The Labute approximate surface area is 125 Å². The van der Waals surface area contributed by atoms with E-state index in [-0.39, 0.29) is 0 Å². The Kier molecular flexibility index (Phi) is 4.90. The van der Waals surface area contributed by atoms with Crippen molar-refractivity contribution in [2.45, 2.75) is 4.83 Å². The van der Waals surface area contributed by atoms with Crippen LogP contribution in [0, 0.1) is 0 Å². The van der Waals surface area contributed by atoms with Crippen molar-refractivity contribution >= 4 is 39.1 Å². The maximum Gasteiger partial charge on any atom is 0.247 e. The number of halogens is 1. The molecule has 0 saturated carbocycles. The van der Waals surface area contributed by atoms with Gasteiger partial charge in [-0.05, 0) is 24.3 Å². The van der Waals surface area contributed by atoms with Gasteiger partial charge in [0.1, 0.15) is 0 Å². The van der Waals surface area contributed by atoms with Gasteiger partial charge in [-0.3, -0.25) is 9.59 Å². The van der Waals surface area contributed by atoms with Gasteiger partial charge in [0.05, 0.1) is 0 Å². The quantitative estimate of drug-likeness (QED) is 0.667. The molecule has 102 valence electrons. The third-order valence-electron chi connectivity index (χ3n) is 2.54. The standard InChI is InChI=1S/C15H13BrN2O2/c16-13(14(19)17-11-7-3-1-4-8-11)15(20)18-12-9-5-2-6-10-12/h1-10,13H,(H,17,19)(H,18,20). The number of alkyl halides is 1. The summed E-state index contributed by atoms with van der Waals surface area (Å²) in [4.78, 5) is 22.9. The predicted octanol–water partition coefficient (Wildman–Crippen LogP) is 3.03. The van der Waals surface area contributed by atoms with Crippen LogP contribution in [0.4, 0.5) is 11.4 Å². The van der Waals surface area contributed by atoms with Crippen molar-refractivity contribution in [2.24, 2.45) is 0 Å². The largest absolute Gasteiger partial charge is 0.325 e. The van der Waals surface area contributed by atoms with Crippen molar-refractivity contribution in [3.8, 4) is 0 Å². The Bertz CT molecular complexity index is 534. The first-order valence-electron chi connectivity index (χ1n) is 6.03. The molecule has 0 aliphatic heterocycles. The number of anilines is 2. The van der Waals surface area contributed by atoms with E-state index in [2.05, 4.69) is 26.6 Å². The summed E-state index contributed by atoms with van der Waals surface area (Å²) in [5, 5.41) is 5.32. The van der Waals surface area contributed by atoms with E-state index >= 15 is 0 Å². The van der Waals surface area contributed by atoms with Crippen molar-refractivity contribution in [3.63, 3.8) is 0 Å². The zero-order chi connectivity index (χ0) is 14.4. The average molecular weight is 333 g/mol. The molecule has 5 heteroatoms. The lowest BCUT2D eigenvalue weighted by atomic mass is 10.3. The third-order valence-corrected chi connectivity index (χ3v) is 3.37. The average Bonchev–Trinajstić information content (AvgIpc) is 2.48. The summed E-state index contributed by atoms with van der Waals surface area (Å²) in [5.74, 6) is -0.825. The molecule has 2 N–H and O–H groups in total. The van der Waals surface area contributed by atoms with Gasteiger partial charge >= 0.3 is 0 Å². The Morgan fingerprint density at radius 1 is 0.750 bits per heavy atom. The number of amides is 2. The lowest BCUT2D eigenvalue weighted by Gasteiger charge is -2.11. The molecule has 0 aliphatic rings. The van der Waals surface area contributed by atoms with E-state index in [9.17, 15) is 9.59 Å². The van der Waals surface area contributed by atoms with Crippen molar-refractivity contribution in [1.82, 2.24) is 0 Å². The van der Waals surface area contributed by atoms with Crippen LogP contribution in [-0.4, -0.2) is 16.6 Å². The molecule has 0 unspecified atom stereocenters. The van der Waals surface area contributed by atoms with Crippen molar-refractivity contribution < 1.29 is 9.59 Å². The van der Waals surface area contributed by atoms with Crippen LogP contribution < -0.4 is 10.6 Å². The Hall–Kier alpha value is -2.14. The van der Waals surface area contributed by atoms with Gasteiger partial charge in [-0.2, -0.15) is 0 Å². The SMILES string of the molecule is O=C(Nc1ccccc1)C(Br)C(=O)Nc1ccccc1. The zero-order valence-electron chi connectivity index (χ0n) is 10.5. The van der Waals surface area contributed by atoms with Crippen LogP contribution in [0.3, 0.4) is 0 Å². The third kappa shape index (κ3) is 3.93. The lowest BCUT2D eigenvalue weighted by molar-refractivity contribution is -0.122. The molecule has 0 fully saturated rings. The fourth-order valence-electron chi connectivity index (χ4n) is 1.57. The monoisotopic (exact) mass is 332 g/mol. The minimum atomic E-state index is -0.956. The van der Waals surface area contributed by atoms with E-state index in [0.29, 0.717) is 11.4 Å². The number of carbonyl (C=O) groups excluding carboxylic acids is 2. The van der Waals surface area contributed by atoms with E-state index in [1.165, 1.54) is 0 Å². The minimum absolute atomic E-state index is 0.412. The molecule has 0 aliphatic carbocycles. The predicted molar refractivity (Wildman–Crippen MR) is 82.9 cm³/mol. The molecule has 0 bridgehead atoms. The maximum atomic E-state index is 11.9. The summed E-state index contributed by atoms with van der Waals surface area (Å²) >= 11 is 3.10. The molecule has 2 rings (SSSR count). The first-order valence-corrected chi connectivity index (χ1v) is 6.94. The van der Waals surface area contributed by atoms with Gasteiger partial charge in [0.2, 0.25) is 11.8 Å². The summed E-state index contributed by atoms with van der Waals surface area (Å²) in [6.07, 6.45) is 0. The highest BCUT2D eigenvalue weighted by Crippen LogP contribution is 2.12. The second-order valence-electron chi connectivity index (χ2n) is 4.07. The topological polar surface area (TPSA) is 58.2 Å². The van der Waals surface area contributed by atoms with Gasteiger partial charge in [-0.15, -0.1) is 0 Å². The Morgan fingerprint density at radius 3 is 1.45 bits per heavy atom. The molecule has 4 nitrogen and oxygen atoms in total. The molecule has 0 saturated heterocycles. The second kappa shape index (κ2) is 6.86. The van der Waals surface area contributed by atoms with E-state index in [0.717, 1.165) is 0 Å². The highest BCUT2D eigenvalue weighted by atomic mass is 79.9. The highest BCUT2D eigenvalue weighted by Gasteiger charge is 2.23. The summed E-state index contributed by atoms with van der Waals surface area (Å²) in [6, 6.07) is 18.0. The Morgan fingerprint density at radius 2 is 1.10 bits per heavy atom. The molecule has 2 aromatic rings. The van der Waals surface area contributed by atoms with Crippen LogP contribution >= 0.6 is 15.9 Å². The van der Waals surface area contributed by atoms with Crippen molar-refractivity contribution in [1.29, 1.82) is 0 Å². The fraction of sp³-hybridized carbons (Fsp3) is 0.0667. The van der Waals surface area contributed by atoms with E-state index in [1.54, 1.807) is 24.3 Å². The number of para-hydroxylation sites is 2.